The van der Waals surface area contributed by atoms with E-state index in [9.17, 15) is 0 Å². The molecular weight excluding hydrogens is 206 g/mol. The number of hydrogen-bond donors (Lipinski definition) is 2. The van der Waals surface area contributed by atoms with Crippen molar-refractivity contribution in [3.05, 3.63) is 0 Å². The summed E-state index contributed by atoms with van der Waals surface area (Å²) >= 11 is 0. The third-order valence-electron chi connectivity index (χ3n) is 3.27. The Morgan fingerprint density at radius 3 is 3.00 bits per heavy atom. The molecule has 3 N–H and O–H groups in total. The minimum Gasteiger partial charge on any atom is -0.409 e. The summed E-state index contributed by atoms with van der Waals surface area (Å²) in [6.45, 7) is 3.79. The summed E-state index contributed by atoms with van der Waals surface area (Å²) in [6.07, 6.45) is 5.03. The quantitative estimate of drug-likeness (QED) is 0.309. The molecule has 94 valence electrons. The van der Waals surface area contributed by atoms with Crippen LogP contribution in [0.5, 0.6) is 0 Å². The Labute approximate surface area is 97.2 Å². The van der Waals surface area contributed by atoms with E-state index in [1.807, 2.05) is 14.0 Å². The van der Waals surface area contributed by atoms with E-state index in [-0.39, 0.29) is 11.9 Å². The minimum atomic E-state index is -0.0190. The summed E-state index contributed by atoms with van der Waals surface area (Å²) in [7, 11) is 1.98. The van der Waals surface area contributed by atoms with E-state index in [0.717, 1.165) is 26.0 Å². The van der Waals surface area contributed by atoms with E-state index in [1.54, 1.807) is 0 Å². The van der Waals surface area contributed by atoms with Gasteiger partial charge in [-0.2, -0.15) is 0 Å². The Balaban J connectivity index is 2.16. The van der Waals surface area contributed by atoms with E-state index in [0.29, 0.717) is 6.10 Å². The first-order valence-corrected chi connectivity index (χ1v) is 5.94. The van der Waals surface area contributed by atoms with Crippen LogP contribution in [0.3, 0.4) is 0 Å². The van der Waals surface area contributed by atoms with E-state index in [1.165, 1.54) is 12.8 Å². The number of oxime groups is 1. The summed E-state index contributed by atoms with van der Waals surface area (Å²) in [6, 6.07) is -0.0190. The monoisotopic (exact) mass is 229 g/mol. The van der Waals surface area contributed by atoms with Crippen LogP contribution >= 0.6 is 0 Å². The van der Waals surface area contributed by atoms with Crippen LogP contribution < -0.4 is 5.73 Å². The molecule has 2 atom stereocenters. The van der Waals surface area contributed by atoms with Gasteiger partial charge in [-0.1, -0.05) is 5.16 Å². The maximum Gasteiger partial charge on any atom is 0.156 e. The number of amidine groups is 1. The first kappa shape index (κ1) is 13.3. The minimum absolute atomic E-state index is 0.0190. The number of nitrogens with two attached hydrogens (primary N) is 1. The normalized spacial score (nSPS) is 23.9. The first-order chi connectivity index (χ1) is 7.65. The lowest BCUT2D eigenvalue weighted by atomic mass is 10.1. The molecule has 0 aromatic carbocycles. The van der Waals surface area contributed by atoms with E-state index < -0.39 is 0 Å². The molecule has 0 radical (unpaired) electrons. The van der Waals surface area contributed by atoms with Crippen molar-refractivity contribution in [2.75, 3.05) is 20.2 Å². The molecule has 1 heterocycles. The maximum atomic E-state index is 8.57. The van der Waals surface area contributed by atoms with E-state index in [2.05, 4.69) is 10.1 Å². The highest BCUT2D eigenvalue weighted by Crippen LogP contribution is 2.16. The van der Waals surface area contributed by atoms with E-state index in [4.69, 9.17) is 15.7 Å². The van der Waals surface area contributed by atoms with Gasteiger partial charge < -0.3 is 15.7 Å². The highest BCUT2D eigenvalue weighted by atomic mass is 16.5. The van der Waals surface area contributed by atoms with Gasteiger partial charge >= 0.3 is 0 Å². The molecule has 0 aromatic heterocycles. The fraction of sp³-hybridized carbons (Fsp3) is 0.909. The van der Waals surface area contributed by atoms with Crippen LogP contribution in [0.25, 0.3) is 0 Å². The number of likely N-dealkylation sites (N-methyl/N-ethyl adjacent to an activating group) is 1. The molecule has 0 bridgehead atoms. The SMILES string of the molecule is CC(C(N)=NO)N(C)CCCC1CCCO1. The molecule has 2 unspecified atom stereocenters. The highest BCUT2D eigenvalue weighted by molar-refractivity contribution is 5.84. The van der Waals surface area contributed by atoms with Crippen molar-refractivity contribution in [1.29, 1.82) is 0 Å². The summed E-state index contributed by atoms with van der Waals surface area (Å²) < 4.78 is 5.56. The van der Waals surface area contributed by atoms with Gasteiger partial charge in [-0.05, 0) is 46.2 Å². The number of hydrogen-bond acceptors (Lipinski definition) is 4. The van der Waals surface area contributed by atoms with Crippen molar-refractivity contribution in [3.8, 4) is 0 Å². The molecule has 1 saturated heterocycles. The lowest BCUT2D eigenvalue weighted by Crippen LogP contribution is -2.41. The fourth-order valence-corrected chi connectivity index (χ4v) is 1.94. The average molecular weight is 229 g/mol. The predicted molar refractivity (Wildman–Crippen MR) is 63.7 cm³/mol. The summed E-state index contributed by atoms with van der Waals surface area (Å²) in [5.41, 5.74) is 5.54. The molecule has 0 aromatic rings. The topological polar surface area (TPSA) is 71.1 Å². The molecule has 1 rings (SSSR count). The molecule has 1 fully saturated rings. The van der Waals surface area contributed by atoms with Gasteiger partial charge in [0.2, 0.25) is 0 Å². The molecule has 0 saturated carbocycles. The first-order valence-electron chi connectivity index (χ1n) is 5.94. The largest absolute Gasteiger partial charge is 0.409 e. The van der Waals surface area contributed by atoms with Crippen molar-refractivity contribution < 1.29 is 9.94 Å². The third kappa shape index (κ3) is 3.98. The molecule has 16 heavy (non-hydrogen) atoms. The standard InChI is InChI=1S/C11H23N3O2/c1-9(11(12)13-15)14(2)7-3-5-10-6-4-8-16-10/h9-10,15H,3-8H2,1-2H3,(H2,12,13). The number of rotatable bonds is 6. The lowest BCUT2D eigenvalue weighted by Gasteiger charge is -2.23. The van der Waals surface area contributed by atoms with E-state index >= 15 is 0 Å². The second-order valence-electron chi connectivity index (χ2n) is 4.46. The molecule has 0 amide bonds. The molecule has 0 aliphatic carbocycles. The Bertz CT molecular complexity index is 227. The van der Waals surface area contributed by atoms with Crippen LogP contribution in [0, 0.1) is 0 Å². The van der Waals surface area contributed by atoms with Crippen molar-refractivity contribution in [2.45, 2.75) is 44.8 Å². The number of nitrogens with zero attached hydrogens (tertiary/aromatic N) is 2. The summed E-state index contributed by atoms with van der Waals surface area (Å²) in [5.74, 6) is 0.264. The zero-order valence-electron chi connectivity index (χ0n) is 10.2. The zero-order valence-corrected chi connectivity index (χ0v) is 10.2. The van der Waals surface area contributed by atoms with Gasteiger partial charge in [0.15, 0.2) is 5.84 Å². The zero-order chi connectivity index (χ0) is 12.0. The van der Waals surface area contributed by atoms with Crippen molar-refractivity contribution in [3.63, 3.8) is 0 Å². The van der Waals surface area contributed by atoms with Crippen molar-refractivity contribution in [1.82, 2.24) is 4.90 Å². The highest BCUT2D eigenvalue weighted by Gasteiger charge is 2.17. The van der Waals surface area contributed by atoms with Crippen LogP contribution in [0.15, 0.2) is 5.16 Å². The van der Waals surface area contributed by atoms with Gasteiger partial charge in [-0.25, -0.2) is 0 Å². The molecular formula is C11H23N3O2. The molecule has 1 aliphatic heterocycles. The summed E-state index contributed by atoms with van der Waals surface area (Å²) in [4.78, 5) is 2.09. The Kier molecular flexibility index (Phi) is 5.55. The molecule has 1 aliphatic rings. The average Bonchev–Trinajstić information content (AvgIpc) is 2.79. The van der Waals surface area contributed by atoms with Crippen LogP contribution in [0.4, 0.5) is 0 Å². The van der Waals surface area contributed by atoms with Crippen LogP contribution in [-0.2, 0) is 4.74 Å². The van der Waals surface area contributed by atoms with Crippen LogP contribution in [0.2, 0.25) is 0 Å². The third-order valence-corrected chi connectivity index (χ3v) is 3.27. The van der Waals surface area contributed by atoms with Gasteiger partial charge in [0.1, 0.15) is 0 Å². The van der Waals surface area contributed by atoms with Crippen LogP contribution in [0.1, 0.15) is 32.6 Å². The van der Waals surface area contributed by atoms with Crippen LogP contribution in [-0.4, -0.2) is 48.3 Å². The Hall–Kier alpha value is -0.810. The van der Waals surface area contributed by atoms with Gasteiger partial charge in [-0.3, -0.25) is 4.90 Å². The Morgan fingerprint density at radius 2 is 2.44 bits per heavy atom. The molecule has 0 spiro atoms. The Morgan fingerprint density at radius 1 is 1.69 bits per heavy atom. The fourth-order valence-electron chi connectivity index (χ4n) is 1.94. The number of ether oxygens (including phenoxy) is 1. The molecule has 5 nitrogen and oxygen atoms in total. The smallest absolute Gasteiger partial charge is 0.156 e. The summed E-state index contributed by atoms with van der Waals surface area (Å²) in [5, 5.41) is 11.6. The lowest BCUT2D eigenvalue weighted by molar-refractivity contribution is 0.0992. The molecule has 5 heteroatoms. The van der Waals surface area contributed by atoms with Gasteiger partial charge in [0, 0.05) is 6.61 Å². The van der Waals surface area contributed by atoms with Gasteiger partial charge in [0.25, 0.3) is 0 Å². The predicted octanol–water partition coefficient (Wildman–Crippen LogP) is 1.01. The van der Waals surface area contributed by atoms with Gasteiger partial charge in [-0.15, -0.1) is 0 Å². The second-order valence-corrected chi connectivity index (χ2v) is 4.46. The van der Waals surface area contributed by atoms with Crippen molar-refractivity contribution in [2.24, 2.45) is 10.9 Å². The maximum absolute atomic E-state index is 8.57. The second kappa shape index (κ2) is 6.70. The van der Waals surface area contributed by atoms with Gasteiger partial charge in [0.05, 0.1) is 12.1 Å². The van der Waals surface area contributed by atoms with Crippen molar-refractivity contribution >= 4 is 5.84 Å².